The van der Waals surface area contributed by atoms with Crippen molar-refractivity contribution in [3.63, 3.8) is 0 Å². The number of alkyl halides is 2. The van der Waals surface area contributed by atoms with E-state index in [1.54, 1.807) is 0 Å². The zero-order valence-corrected chi connectivity index (χ0v) is 14.3. The van der Waals surface area contributed by atoms with Gasteiger partial charge in [-0.1, -0.05) is 18.0 Å². The Bertz CT molecular complexity index is 776. The van der Waals surface area contributed by atoms with E-state index in [1.165, 1.54) is 11.3 Å². The second-order valence-corrected chi connectivity index (χ2v) is 8.26. The number of nitrogens with zero attached hydrogens (tertiary/aromatic N) is 1. The van der Waals surface area contributed by atoms with Gasteiger partial charge >= 0.3 is 0 Å². The Labute approximate surface area is 146 Å². The van der Waals surface area contributed by atoms with E-state index in [0.717, 1.165) is 35.4 Å². The van der Waals surface area contributed by atoms with Crippen LogP contribution < -0.4 is 5.32 Å². The van der Waals surface area contributed by atoms with Crippen LogP contribution in [0.3, 0.4) is 0 Å². The maximum atomic E-state index is 13.0. The number of aromatic amines is 1. The number of carbonyl (C=O) groups excluding carboxylic acids is 1. The number of aromatic nitrogens is 2. The van der Waals surface area contributed by atoms with Crippen LogP contribution in [0, 0.1) is 5.92 Å². The molecule has 2 aromatic heterocycles. The lowest BCUT2D eigenvalue weighted by atomic mass is 9.79. The maximum absolute atomic E-state index is 13.0. The van der Waals surface area contributed by atoms with E-state index in [9.17, 15) is 13.6 Å². The number of thiophene rings is 1. The van der Waals surface area contributed by atoms with Crippen LogP contribution in [0.4, 0.5) is 14.6 Å². The van der Waals surface area contributed by atoms with Gasteiger partial charge in [0.1, 0.15) is 0 Å². The Kier molecular flexibility index (Phi) is 3.88. The molecule has 24 heavy (non-hydrogen) atoms. The fraction of sp³-hybridized carbons (Fsp3) is 0.500. The van der Waals surface area contributed by atoms with Crippen LogP contribution in [-0.4, -0.2) is 22.0 Å². The molecular weight excluding hydrogens is 356 g/mol. The molecule has 0 aromatic carbocycles. The van der Waals surface area contributed by atoms with Gasteiger partial charge in [0.2, 0.25) is 11.8 Å². The smallest absolute Gasteiger partial charge is 0.249 e. The third-order valence-electron chi connectivity index (χ3n) is 4.84. The Balaban J connectivity index is 1.59. The van der Waals surface area contributed by atoms with Crippen molar-refractivity contribution in [2.45, 2.75) is 43.9 Å². The molecule has 0 saturated heterocycles. The average molecular weight is 372 g/mol. The minimum atomic E-state index is -2.71. The van der Waals surface area contributed by atoms with E-state index in [0.29, 0.717) is 16.1 Å². The molecule has 2 N–H and O–H groups in total. The number of hydrogen-bond donors (Lipinski definition) is 2. The third-order valence-corrected chi connectivity index (χ3v) is 6.09. The number of amides is 1. The Morgan fingerprint density at radius 2 is 2.12 bits per heavy atom. The van der Waals surface area contributed by atoms with E-state index < -0.39 is 11.8 Å². The highest BCUT2D eigenvalue weighted by atomic mass is 35.5. The highest BCUT2D eigenvalue weighted by molar-refractivity contribution is 7.19. The SMILES string of the molecule is O=C(Nc1n[nH]c(-c2ccc(Cl)s2)c1C1CCC1)C1CC(F)(F)C1. The molecule has 2 aromatic rings. The molecule has 2 heterocycles. The monoisotopic (exact) mass is 371 g/mol. The Morgan fingerprint density at radius 1 is 1.38 bits per heavy atom. The second kappa shape index (κ2) is 5.81. The van der Waals surface area contributed by atoms with Crippen molar-refractivity contribution < 1.29 is 13.6 Å². The summed E-state index contributed by atoms with van der Waals surface area (Å²) in [6, 6.07) is 3.74. The van der Waals surface area contributed by atoms with Crippen molar-refractivity contribution in [1.29, 1.82) is 0 Å². The van der Waals surface area contributed by atoms with Crippen LogP contribution in [0.25, 0.3) is 10.6 Å². The van der Waals surface area contributed by atoms with E-state index in [-0.39, 0.29) is 18.7 Å². The highest BCUT2D eigenvalue weighted by Gasteiger charge is 2.49. The average Bonchev–Trinajstić information content (AvgIpc) is 3.02. The first-order valence-electron chi connectivity index (χ1n) is 7.95. The third kappa shape index (κ3) is 2.84. The molecule has 2 aliphatic rings. The highest BCUT2D eigenvalue weighted by Crippen LogP contribution is 2.46. The fourth-order valence-corrected chi connectivity index (χ4v) is 4.29. The Hall–Kier alpha value is -1.47. The largest absolute Gasteiger partial charge is 0.309 e. The van der Waals surface area contributed by atoms with Crippen molar-refractivity contribution in [1.82, 2.24) is 10.2 Å². The topological polar surface area (TPSA) is 57.8 Å². The molecule has 0 bridgehead atoms. The van der Waals surface area contributed by atoms with Crippen molar-refractivity contribution in [2.24, 2.45) is 5.92 Å². The minimum Gasteiger partial charge on any atom is -0.309 e. The zero-order chi connectivity index (χ0) is 16.9. The number of anilines is 1. The predicted octanol–water partition coefficient (Wildman–Crippen LogP) is 5.04. The lowest BCUT2D eigenvalue weighted by Crippen LogP contribution is -2.42. The van der Waals surface area contributed by atoms with E-state index in [2.05, 4.69) is 15.5 Å². The summed E-state index contributed by atoms with van der Waals surface area (Å²) in [6.45, 7) is 0. The molecule has 2 saturated carbocycles. The first-order chi connectivity index (χ1) is 11.4. The van der Waals surface area contributed by atoms with Gasteiger partial charge in [0, 0.05) is 24.3 Å². The second-order valence-electron chi connectivity index (χ2n) is 6.54. The predicted molar refractivity (Wildman–Crippen MR) is 89.8 cm³/mol. The van der Waals surface area contributed by atoms with Crippen molar-refractivity contribution in [3.8, 4) is 10.6 Å². The van der Waals surface area contributed by atoms with Gasteiger partial charge in [-0.05, 0) is 30.9 Å². The summed E-state index contributed by atoms with van der Waals surface area (Å²) in [7, 11) is 0. The summed E-state index contributed by atoms with van der Waals surface area (Å²) in [5, 5.41) is 9.98. The molecule has 0 atom stereocenters. The molecule has 0 spiro atoms. The van der Waals surface area contributed by atoms with Crippen LogP contribution in [0.5, 0.6) is 0 Å². The molecule has 4 nitrogen and oxygen atoms in total. The molecule has 128 valence electrons. The van der Waals surface area contributed by atoms with Gasteiger partial charge in [-0.2, -0.15) is 5.10 Å². The molecule has 0 aliphatic heterocycles. The van der Waals surface area contributed by atoms with Gasteiger partial charge in [0.05, 0.1) is 14.9 Å². The van der Waals surface area contributed by atoms with Crippen LogP contribution in [-0.2, 0) is 4.79 Å². The van der Waals surface area contributed by atoms with Crippen LogP contribution in [0.2, 0.25) is 4.34 Å². The first kappa shape index (κ1) is 16.0. The number of nitrogens with one attached hydrogen (secondary N) is 2. The van der Waals surface area contributed by atoms with Crippen molar-refractivity contribution >= 4 is 34.7 Å². The maximum Gasteiger partial charge on any atom is 0.249 e. The number of H-pyrrole nitrogens is 1. The van der Waals surface area contributed by atoms with Crippen LogP contribution in [0.15, 0.2) is 12.1 Å². The molecule has 1 amide bonds. The van der Waals surface area contributed by atoms with Crippen molar-refractivity contribution in [2.75, 3.05) is 5.32 Å². The summed E-state index contributed by atoms with van der Waals surface area (Å²) < 4.78 is 26.6. The quantitative estimate of drug-likeness (QED) is 0.790. The normalized spacial score (nSPS) is 20.5. The summed E-state index contributed by atoms with van der Waals surface area (Å²) in [5.74, 6) is -2.91. The van der Waals surface area contributed by atoms with E-state index in [1.807, 2.05) is 12.1 Å². The standard InChI is InChI=1S/C16H16ClF2N3OS/c17-11-5-4-10(24-11)13-12(8-2-1-3-8)14(22-21-13)20-15(23)9-6-16(18,19)7-9/h4-5,8-9H,1-3,6-7H2,(H2,20,21,22,23). The number of hydrogen-bond acceptors (Lipinski definition) is 3. The molecule has 4 rings (SSSR count). The van der Waals surface area contributed by atoms with E-state index >= 15 is 0 Å². The summed E-state index contributed by atoms with van der Waals surface area (Å²) in [4.78, 5) is 13.2. The lowest BCUT2D eigenvalue weighted by molar-refractivity contribution is -0.145. The first-order valence-corrected chi connectivity index (χ1v) is 9.15. The summed E-state index contributed by atoms with van der Waals surface area (Å²) >= 11 is 7.46. The molecule has 2 aliphatic carbocycles. The summed E-state index contributed by atoms with van der Waals surface area (Å²) in [5.41, 5.74) is 1.84. The number of rotatable bonds is 4. The molecular formula is C16H16ClF2N3OS. The number of halogens is 3. The van der Waals surface area contributed by atoms with Gasteiger partial charge in [0.15, 0.2) is 5.82 Å². The summed E-state index contributed by atoms with van der Waals surface area (Å²) in [6.07, 6.45) is 2.46. The van der Waals surface area contributed by atoms with Gasteiger partial charge in [-0.3, -0.25) is 9.89 Å². The Morgan fingerprint density at radius 3 is 2.67 bits per heavy atom. The number of carbonyl (C=O) groups is 1. The molecule has 0 unspecified atom stereocenters. The van der Waals surface area contributed by atoms with Crippen molar-refractivity contribution in [3.05, 3.63) is 22.0 Å². The van der Waals surface area contributed by atoms with Gasteiger partial charge in [-0.15, -0.1) is 11.3 Å². The van der Waals surface area contributed by atoms with Gasteiger partial charge in [-0.25, -0.2) is 8.78 Å². The van der Waals surface area contributed by atoms with E-state index in [4.69, 9.17) is 11.6 Å². The molecule has 2 fully saturated rings. The zero-order valence-electron chi connectivity index (χ0n) is 12.7. The van der Waals surface area contributed by atoms with Crippen LogP contribution >= 0.6 is 22.9 Å². The molecule has 0 radical (unpaired) electrons. The van der Waals surface area contributed by atoms with Gasteiger partial charge in [0.25, 0.3) is 0 Å². The van der Waals surface area contributed by atoms with Crippen LogP contribution in [0.1, 0.15) is 43.6 Å². The minimum absolute atomic E-state index is 0.331. The molecule has 8 heteroatoms. The van der Waals surface area contributed by atoms with Gasteiger partial charge < -0.3 is 5.32 Å². The lowest BCUT2D eigenvalue weighted by Gasteiger charge is -2.33. The fourth-order valence-electron chi connectivity index (χ4n) is 3.24.